The van der Waals surface area contributed by atoms with Gasteiger partial charge >= 0.3 is 0 Å². The Hall–Kier alpha value is -2.53. The van der Waals surface area contributed by atoms with Gasteiger partial charge in [-0.2, -0.15) is 0 Å². The van der Waals surface area contributed by atoms with E-state index >= 15 is 0 Å². The standard InChI is InChI=1S/C16H13N3OS/c1-10-13(11-6-3-2-4-7-11)19-16(21-10)14-12(15(17)20)8-5-9-18-14/h2-9H,1H3,(H2,17,20). The molecule has 0 bridgehead atoms. The van der Waals surface area contributed by atoms with Gasteiger partial charge in [0.1, 0.15) is 10.7 Å². The largest absolute Gasteiger partial charge is 0.366 e. The van der Waals surface area contributed by atoms with Crippen molar-refractivity contribution >= 4 is 17.2 Å². The van der Waals surface area contributed by atoms with E-state index in [9.17, 15) is 4.79 Å². The number of thiazole rings is 1. The van der Waals surface area contributed by atoms with Crippen LogP contribution in [0.5, 0.6) is 0 Å². The molecule has 0 saturated heterocycles. The van der Waals surface area contributed by atoms with Crippen LogP contribution in [0.3, 0.4) is 0 Å². The van der Waals surface area contributed by atoms with Gasteiger partial charge in [0, 0.05) is 16.6 Å². The number of carbonyl (C=O) groups is 1. The topological polar surface area (TPSA) is 68.9 Å². The number of benzene rings is 1. The van der Waals surface area contributed by atoms with Crippen LogP contribution in [0.15, 0.2) is 48.7 Å². The second-order valence-electron chi connectivity index (χ2n) is 4.55. The van der Waals surface area contributed by atoms with E-state index in [1.54, 1.807) is 18.3 Å². The van der Waals surface area contributed by atoms with Gasteiger partial charge in [-0.25, -0.2) is 4.98 Å². The Morgan fingerprint density at radius 2 is 1.86 bits per heavy atom. The van der Waals surface area contributed by atoms with Gasteiger partial charge in [0.05, 0.1) is 11.3 Å². The Kier molecular flexibility index (Phi) is 3.50. The van der Waals surface area contributed by atoms with E-state index in [0.29, 0.717) is 16.3 Å². The average Bonchev–Trinajstić information content (AvgIpc) is 2.90. The Balaban J connectivity index is 2.12. The van der Waals surface area contributed by atoms with Crippen LogP contribution in [-0.2, 0) is 0 Å². The first kappa shape index (κ1) is 13.5. The number of hydrogen-bond acceptors (Lipinski definition) is 4. The van der Waals surface area contributed by atoms with E-state index in [1.165, 1.54) is 11.3 Å². The predicted molar refractivity (Wildman–Crippen MR) is 84.0 cm³/mol. The van der Waals surface area contributed by atoms with Crippen molar-refractivity contribution in [3.8, 4) is 22.0 Å². The van der Waals surface area contributed by atoms with Crippen molar-refractivity contribution in [1.82, 2.24) is 9.97 Å². The molecule has 0 fully saturated rings. The molecule has 3 aromatic rings. The molecule has 1 aromatic carbocycles. The minimum atomic E-state index is -0.493. The number of nitrogens with two attached hydrogens (primary N) is 1. The first-order valence-corrected chi connectivity index (χ1v) is 7.26. The SMILES string of the molecule is Cc1sc(-c2ncccc2C(N)=O)nc1-c1ccccc1. The maximum atomic E-state index is 11.5. The van der Waals surface area contributed by atoms with E-state index in [0.717, 1.165) is 16.1 Å². The van der Waals surface area contributed by atoms with Crippen LogP contribution < -0.4 is 5.73 Å². The summed E-state index contributed by atoms with van der Waals surface area (Å²) in [5, 5.41) is 0.709. The summed E-state index contributed by atoms with van der Waals surface area (Å²) < 4.78 is 0. The predicted octanol–water partition coefficient (Wildman–Crippen LogP) is 3.28. The lowest BCUT2D eigenvalue weighted by atomic mass is 10.1. The molecule has 0 saturated carbocycles. The maximum absolute atomic E-state index is 11.5. The fourth-order valence-electron chi connectivity index (χ4n) is 2.14. The van der Waals surface area contributed by atoms with Crippen molar-refractivity contribution in [1.29, 1.82) is 0 Å². The number of nitrogens with zero attached hydrogens (tertiary/aromatic N) is 2. The monoisotopic (exact) mass is 295 g/mol. The fourth-order valence-corrected chi connectivity index (χ4v) is 3.08. The van der Waals surface area contributed by atoms with Crippen molar-refractivity contribution in [2.75, 3.05) is 0 Å². The molecular formula is C16H13N3OS. The molecule has 2 N–H and O–H groups in total. The Labute approximate surface area is 126 Å². The van der Waals surface area contributed by atoms with Crippen LogP contribution in [0.4, 0.5) is 0 Å². The summed E-state index contributed by atoms with van der Waals surface area (Å²) in [6.07, 6.45) is 1.64. The second-order valence-corrected chi connectivity index (χ2v) is 5.76. The van der Waals surface area contributed by atoms with E-state index in [4.69, 9.17) is 5.73 Å². The minimum Gasteiger partial charge on any atom is -0.366 e. The molecule has 0 atom stereocenters. The van der Waals surface area contributed by atoms with Gasteiger partial charge < -0.3 is 5.73 Å². The van der Waals surface area contributed by atoms with Crippen LogP contribution >= 0.6 is 11.3 Å². The Morgan fingerprint density at radius 1 is 1.10 bits per heavy atom. The molecule has 1 amide bonds. The maximum Gasteiger partial charge on any atom is 0.251 e. The number of pyridine rings is 1. The highest BCUT2D eigenvalue weighted by molar-refractivity contribution is 7.15. The van der Waals surface area contributed by atoms with Crippen LogP contribution in [0.25, 0.3) is 22.0 Å². The van der Waals surface area contributed by atoms with Crippen molar-refractivity contribution in [2.24, 2.45) is 5.73 Å². The lowest BCUT2D eigenvalue weighted by Crippen LogP contribution is -2.12. The summed E-state index contributed by atoms with van der Waals surface area (Å²) in [4.78, 5) is 21.5. The molecular weight excluding hydrogens is 282 g/mol. The highest BCUT2D eigenvalue weighted by atomic mass is 32.1. The first-order valence-electron chi connectivity index (χ1n) is 6.45. The number of aromatic nitrogens is 2. The van der Waals surface area contributed by atoms with Gasteiger partial charge in [-0.15, -0.1) is 11.3 Å². The van der Waals surface area contributed by atoms with Gasteiger partial charge in [0.25, 0.3) is 5.91 Å². The highest BCUT2D eigenvalue weighted by Crippen LogP contribution is 2.33. The number of hydrogen-bond donors (Lipinski definition) is 1. The molecule has 21 heavy (non-hydrogen) atoms. The molecule has 0 radical (unpaired) electrons. The first-order chi connectivity index (χ1) is 10.2. The third-order valence-electron chi connectivity index (χ3n) is 3.12. The average molecular weight is 295 g/mol. The quantitative estimate of drug-likeness (QED) is 0.806. The van der Waals surface area contributed by atoms with Gasteiger partial charge in [0.2, 0.25) is 0 Å². The van der Waals surface area contributed by atoms with E-state index < -0.39 is 5.91 Å². The zero-order valence-corrected chi connectivity index (χ0v) is 12.2. The molecule has 0 aliphatic carbocycles. The normalized spacial score (nSPS) is 10.5. The molecule has 0 aliphatic rings. The van der Waals surface area contributed by atoms with Crippen LogP contribution in [-0.4, -0.2) is 15.9 Å². The minimum absolute atomic E-state index is 0.394. The molecule has 5 heteroatoms. The van der Waals surface area contributed by atoms with Gasteiger partial charge in [0.15, 0.2) is 0 Å². The third-order valence-corrected chi connectivity index (χ3v) is 4.10. The van der Waals surface area contributed by atoms with E-state index in [1.807, 2.05) is 37.3 Å². The lowest BCUT2D eigenvalue weighted by Gasteiger charge is -2.01. The van der Waals surface area contributed by atoms with Crippen molar-refractivity contribution in [3.05, 3.63) is 59.1 Å². The molecule has 3 rings (SSSR count). The second kappa shape index (κ2) is 5.46. The Morgan fingerprint density at radius 3 is 2.57 bits per heavy atom. The summed E-state index contributed by atoms with van der Waals surface area (Å²) in [7, 11) is 0. The Bertz CT molecular complexity index is 796. The van der Waals surface area contributed by atoms with Gasteiger partial charge in [-0.3, -0.25) is 9.78 Å². The van der Waals surface area contributed by atoms with Crippen LogP contribution in [0, 0.1) is 6.92 Å². The third kappa shape index (κ3) is 2.55. The van der Waals surface area contributed by atoms with E-state index in [-0.39, 0.29) is 0 Å². The van der Waals surface area contributed by atoms with Crippen LogP contribution in [0.1, 0.15) is 15.2 Å². The zero-order chi connectivity index (χ0) is 14.8. The molecule has 0 aliphatic heterocycles. The summed E-state index contributed by atoms with van der Waals surface area (Å²) in [6, 6.07) is 13.3. The van der Waals surface area contributed by atoms with Crippen molar-refractivity contribution in [3.63, 3.8) is 0 Å². The number of primary amides is 1. The highest BCUT2D eigenvalue weighted by Gasteiger charge is 2.17. The van der Waals surface area contributed by atoms with Crippen LogP contribution in [0.2, 0.25) is 0 Å². The van der Waals surface area contributed by atoms with E-state index in [2.05, 4.69) is 9.97 Å². The molecule has 4 nitrogen and oxygen atoms in total. The number of aryl methyl sites for hydroxylation is 1. The van der Waals surface area contributed by atoms with Gasteiger partial charge in [-0.1, -0.05) is 30.3 Å². The smallest absolute Gasteiger partial charge is 0.251 e. The number of carbonyl (C=O) groups excluding carboxylic acids is 1. The summed E-state index contributed by atoms with van der Waals surface area (Å²) >= 11 is 1.51. The molecule has 104 valence electrons. The van der Waals surface area contributed by atoms with Gasteiger partial charge in [-0.05, 0) is 19.1 Å². The zero-order valence-electron chi connectivity index (χ0n) is 11.4. The lowest BCUT2D eigenvalue weighted by molar-refractivity contribution is 0.100. The summed E-state index contributed by atoms with van der Waals surface area (Å²) in [5.41, 5.74) is 8.31. The molecule has 0 spiro atoms. The number of amides is 1. The fraction of sp³-hybridized carbons (Fsp3) is 0.0625. The number of rotatable bonds is 3. The molecule has 2 heterocycles. The molecule has 2 aromatic heterocycles. The summed E-state index contributed by atoms with van der Waals surface area (Å²) in [6.45, 7) is 2.01. The summed E-state index contributed by atoms with van der Waals surface area (Å²) in [5.74, 6) is -0.493. The molecule has 0 unspecified atom stereocenters. The van der Waals surface area contributed by atoms with Crippen molar-refractivity contribution in [2.45, 2.75) is 6.92 Å². The van der Waals surface area contributed by atoms with Crippen molar-refractivity contribution < 1.29 is 4.79 Å².